The van der Waals surface area contributed by atoms with E-state index < -0.39 is 0 Å². The highest BCUT2D eigenvalue weighted by Crippen LogP contribution is 2.30. The Bertz CT molecular complexity index is 921. The number of furan rings is 1. The largest absolute Gasteiger partial charge is 0.453 e. The molecule has 3 aromatic heterocycles. The summed E-state index contributed by atoms with van der Waals surface area (Å²) in [6.07, 6.45) is 2.47. The molecule has 1 aromatic carbocycles. The van der Waals surface area contributed by atoms with Crippen LogP contribution in [-0.2, 0) is 0 Å². The van der Waals surface area contributed by atoms with Crippen LogP contribution < -0.4 is 0 Å². The van der Waals surface area contributed by atoms with Gasteiger partial charge in [0.1, 0.15) is 21.1 Å². The van der Waals surface area contributed by atoms with Crippen molar-refractivity contribution in [1.29, 1.82) is 0 Å². The second kappa shape index (κ2) is 5.20. The average Bonchev–Trinajstić information content (AvgIpc) is 3.21. The van der Waals surface area contributed by atoms with Gasteiger partial charge < -0.3 is 4.42 Å². The van der Waals surface area contributed by atoms with E-state index in [0.717, 1.165) is 26.5 Å². The zero-order valence-electron chi connectivity index (χ0n) is 11.4. The van der Waals surface area contributed by atoms with E-state index in [9.17, 15) is 4.79 Å². The number of thiazole rings is 1. The van der Waals surface area contributed by atoms with Crippen molar-refractivity contribution in [3.8, 4) is 21.9 Å². The third kappa shape index (κ3) is 2.21. The quantitative estimate of drug-likeness (QED) is 0.525. The highest BCUT2D eigenvalue weighted by atomic mass is 32.1. The molecule has 0 radical (unpaired) electrons. The predicted molar refractivity (Wildman–Crippen MR) is 85.9 cm³/mol. The number of nitrogens with zero attached hydrogens (tertiary/aromatic N) is 2. The number of hydrogen-bond acceptors (Lipinski definition) is 5. The van der Waals surface area contributed by atoms with Gasteiger partial charge in [-0.25, -0.2) is 9.97 Å². The molecule has 4 rings (SSSR count). The van der Waals surface area contributed by atoms with Gasteiger partial charge in [-0.1, -0.05) is 35.6 Å². The molecule has 5 heteroatoms. The molecule has 0 saturated heterocycles. The van der Waals surface area contributed by atoms with Crippen LogP contribution in [0.1, 0.15) is 10.6 Å². The Morgan fingerprint density at radius 1 is 1.00 bits per heavy atom. The second-order valence-corrected chi connectivity index (χ2v) is 5.72. The predicted octanol–water partition coefficient (Wildman–Crippen LogP) is 4.43. The lowest BCUT2D eigenvalue weighted by Gasteiger charge is -1.99. The summed E-state index contributed by atoms with van der Waals surface area (Å²) in [5.74, 6) is 1.01. The summed E-state index contributed by atoms with van der Waals surface area (Å²) >= 11 is 1.57. The van der Waals surface area contributed by atoms with Crippen LogP contribution in [0.3, 0.4) is 0 Å². The summed E-state index contributed by atoms with van der Waals surface area (Å²) in [4.78, 5) is 20.5. The highest BCUT2D eigenvalue weighted by molar-refractivity contribution is 7.21. The lowest BCUT2D eigenvalue weighted by molar-refractivity contribution is 0.110. The smallest absolute Gasteiger partial charge is 0.185 e. The van der Waals surface area contributed by atoms with Crippen LogP contribution in [0.4, 0.5) is 0 Å². The first-order chi connectivity index (χ1) is 10.8. The Labute approximate surface area is 130 Å². The minimum Gasteiger partial charge on any atom is -0.453 e. The van der Waals surface area contributed by atoms with Crippen molar-refractivity contribution < 1.29 is 9.21 Å². The Balaban J connectivity index is 1.70. The fraction of sp³-hybridized carbons (Fsp3) is 0. The van der Waals surface area contributed by atoms with Crippen molar-refractivity contribution in [2.45, 2.75) is 0 Å². The summed E-state index contributed by atoms with van der Waals surface area (Å²) in [7, 11) is 0. The molecule has 0 unspecified atom stereocenters. The van der Waals surface area contributed by atoms with Gasteiger partial charge in [-0.3, -0.25) is 4.79 Å². The van der Waals surface area contributed by atoms with Gasteiger partial charge in [-0.2, -0.15) is 0 Å². The van der Waals surface area contributed by atoms with Gasteiger partial charge in [0.15, 0.2) is 12.0 Å². The van der Waals surface area contributed by atoms with Crippen LogP contribution in [0.2, 0.25) is 0 Å². The van der Waals surface area contributed by atoms with Crippen molar-refractivity contribution in [3.63, 3.8) is 0 Å². The van der Waals surface area contributed by atoms with Crippen molar-refractivity contribution in [3.05, 3.63) is 60.5 Å². The Hall–Kier alpha value is -2.79. The van der Waals surface area contributed by atoms with E-state index in [1.165, 1.54) is 0 Å². The molecule has 0 aliphatic heterocycles. The number of aldehydes is 1. The topological polar surface area (TPSA) is 56.0 Å². The minimum absolute atomic E-state index is 0.330. The molecule has 0 atom stereocenters. The molecule has 0 aliphatic carbocycles. The number of carbonyl (C=O) groups is 1. The van der Waals surface area contributed by atoms with E-state index in [0.29, 0.717) is 17.8 Å². The zero-order valence-corrected chi connectivity index (χ0v) is 12.2. The molecule has 0 amide bonds. The first-order valence-corrected chi connectivity index (χ1v) is 7.52. The molecular formula is C17H10N2O2S. The van der Waals surface area contributed by atoms with Crippen molar-refractivity contribution in [2.75, 3.05) is 0 Å². The normalized spacial score (nSPS) is 10.9. The zero-order chi connectivity index (χ0) is 14.9. The molecule has 0 aliphatic rings. The van der Waals surface area contributed by atoms with Crippen molar-refractivity contribution in [1.82, 2.24) is 9.97 Å². The van der Waals surface area contributed by atoms with Crippen LogP contribution in [-0.4, -0.2) is 16.3 Å². The number of carbonyl (C=O) groups excluding carboxylic acids is 1. The molecule has 0 saturated carbocycles. The monoisotopic (exact) mass is 306 g/mol. The van der Waals surface area contributed by atoms with Gasteiger partial charge in [0.2, 0.25) is 0 Å². The number of fused-ring (bicyclic) bond motifs is 1. The van der Waals surface area contributed by atoms with E-state index in [1.807, 2.05) is 36.4 Å². The molecule has 106 valence electrons. The van der Waals surface area contributed by atoms with Gasteiger partial charge in [-0.15, -0.1) is 0 Å². The molecule has 4 aromatic rings. The van der Waals surface area contributed by atoms with E-state index >= 15 is 0 Å². The van der Waals surface area contributed by atoms with Gasteiger partial charge in [0, 0.05) is 17.3 Å². The third-order valence-electron chi connectivity index (χ3n) is 3.33. The van der Waals surface area contributed by atoms with Gasteiger partial charge in [-0.05, 0) is 24.3 Å². The summed E-state index contributed by atoms with van der Waals surface area (Å²) in [5, 5.41) is 0.938. The summed E-state index contributed by atoms with van der Waals surface area (Å²) < 4.78 is 5.42. The van der Waals surface area contributed by atoms with E-state index in [1.54, 1.807) is 29.7 Å². The van der Waals surface area contributed by atoms with Gasteiger partial charge >= 0.3 is 0 Å². The highest BCUT2D eigenvalue weighted by Gasteiger charge is 2.08. The fourth-order valence-electron chi connectivity index (χ4n) is 2.24. The minimum atomic E-state index is 0.330. The SMILES string of the molecule is O=Cc1ccc(-c2ccc(-c3nc4cccnc4s3)cc2)o1. The van der Waals surface area contributed by atoms with Crippen LogP contribution in [0.5, 0.6) is 0 Å². The number of pyridine rings is 1. The number of aromatic nitrogens is 2. The fourth-order valence-corrected chi connectivity index (χ4v) is 3.15. The van der Waals surface area contributed by atoms with Gasteiger partial charge in [0.05, 0.1) is 0 Å². The number of benzene rings is 1. The molecule has 0 bridgehead atoms. The van der Waals surface area contributed by atoms with E-state index in [4.69, 9.17) is 4.42 Å². The lowest BCUT2D eigenvalue weighted by Crippen LogP contribution is -1.78. The first-order valence-electron chi connectivity index (χ1n) is 6.71. The van der Waals surface area contributed by atoms with E-state index in [-0.39, 0.29) is 0 Å². The molecule has 3 heterocycles. The van der Waals surface area contributed by atoms with Gasteiger partial charge in [0.25, 0.3) is 0 Å². The molecule has 0 N–H and O–H groups in total. The average molecular weight is 306 g/mol. The van der Waals surface area contributed by atoms with Crippen LogP contribution in [0.15, 0.2) is 59.1 Å². The molecule has 4 nitrogen and oxygen atoms in total. The number of hydrogen-bond donors (Lipinski definition) is 0. The van der Waals surface area contributed by atoms with Crippen molar-refractivity contribution >= 4 is 28.0 Å². The number of rotatable bonds is 3. The van der Waals surface area contributed by atoms with Crippen LogP contribution in [0, 0.1) is 0 Å². The summed E-state index contributed by atoms with van der Waals surface area (Å²) in [6, 6.07) is 15.2. The molecule has 22 heavy (non-hydrogen) atoms. The molecular weight excluding hydrogens is 296 g/mol. The summed E-state index contributed by atoms with van der Waals surface area (Å²) in [6.45, 7) is 0. The Kier molecular flexibility index (Phi) is 3.05. The maximum Gasteiger partial charge on any atom is 0.185 e. The summed E-state index contributed by atoms with van der Waals surface area (Å²) in [5.41, 5.74) is 2.87. The van der Waals surface area contributed by atoms with Crippen LogP contribution >= 0.6 is 11.3 Å². The second-order valence-electron chi connectivity index (χ2n) is 4.74. The lowest BCUT2D eigenvalue weighted by atomic mass is 10.1. The maximum atomic E-state index is 10.7. The maximum absolute atomic E-state index is 10.7. The first kappa shape index (κ1) is 12.9. The Morgan fingerprint density at radius 2 is 1.82 bits per heavy atom. The standard InChI is InChI=1S/C17H10N2O2S/c20-10-13-7-8-15(21-13)11-3-5-12(6-4-11)16-19-14-2-1-9-18-17(14)22-16/h1-10H. The van der Waals surface area contributed by atoms with Crippen LogP contribution in [0.25, 0.3) is 32.2 Å². The third-order valence-corrected chi connectivity index (χ3v) is 4.35. The molecule has 0 spiro atoms. The van der Waals surface area contributed by atoms with Crippen molar-refractivity contribution in [2.24, 2.45) is 0 Å². The van der Waals surface area contributed by atoms with E-state index in [2.05, 4.69) is 9.97 Å². The molecule has 0 fully saturated rings. The Morgan fingerprint density at radius 3 is 2.55 bits per heavy atom.